The molecule has 2 N–H and O–H groups in total. The van der Waals surface area contributed by atoms with E-state index in [1.807, 2.05) is 4.90 Å². The van der Waals surface area contributed by atoms with Gasteiger partial charge in [-0.3, -0.25) is 4.79 Å². The normalized spacial score (nSPS) is 16.4. The smallest absolute Gasteiger partial charge is 0.256 e. The number of ether oxygens (including phenoxy) is 2. The van der Waals surface area contributed by atoms with Crippen LogP contribution in [-0.2, 0) is 4.74 Å². The maximum atomic E-state index is 12.4. The molecule has 0 spiro atoms. The minimum absolute atomic E-state index is 0.0362. The van der Waals surface area contributed by atoms with Gasteiger partial charge in [-0.05, 0) is 31.0 Å². The van der Waals surface area contributed by atoms with E-state index in [2.05, 4.69) is 0 Å². The molecule has 0 aromatic heterocycles. The van der Waals surface area contributed by atoms with Crippen molar-refractivity contribution < 1.29 is 14.3 Å². The number of carbonyl (C=O) groups is 1. The molecule has 5 heteroatoms. The van der Waals surface area contributed by atoms with E-state index in [1.54, 1.807) is 32.4 Å². The lowest BCUT2D eigenvalue weighted by Gasteiger charge is -2.31. The van der Waals surface area contributed by atoms with Crippen molar-refractivity contribution in [3.05, 3.63) is 23.8 Å². The number of hydrogen-bond acceptors (Lipinski definition) is 4. The van der Waals surface area contributed by atoms with Crippen molar-refractivity contribution in [2.45, 2.75) is 18.9 Å². The van der Waals surface area contributed by atoms with Gasteiger partial charge >= 0.3 is 0 Å². The number of hydrogen-bond donors (Lipinski definition) is 1. The lowest BCUT2D eigenvalue weighted by Crippen LogP contribution is -2.40. The highest BCUT2D eigenvalue weighted by Gasteiger charge is 2.24. The van der Waals surface area contributed by atoms with Gasteiger partial charge in [0.2, 0.25) is 0 Å². The summed E-state index contributed by atoms with van der Waals surface area (Å²) < 4.78 is 10.4. The number of likely N-dealkylation sites (tertiary alicyclic amines) is 1. The highest BCUT2D eigenvalue weighted by Crippen LogP contribution is 2.23. The molecule has 1 saturated heterocycles. The second-order valence-corrected chi connectivity index (χ2v) is 4.68. The first-order chi connectivity index (χ1) is 9.15. The van der Waals surface area contributed by atoms with E-state index in [0.717, 1.165) is 12.8 Å². The van der Waals surface area contributed by atoms with Crippen molar-refractivity contribution in [1.82, 2.24) is 4.90 Å². The molecular weight excluding hydrogens is 244 g/mol. The Morgan fingerprint density at radius 3 is 2.58 bits per heavy atom. The fraction of sp³-hybridized carbons (Fsp3) is 0.500. The Balaban J connectivity index is 2.11. The fourth-order valence-corrected chi connectivity index (χ4v) is 2.31. The number of amides is 1. The number of rotatable bonds is 3. The van der Waals surface area contributed by atoms with Crippen molar-refractivity contribution in [2.24, 2.45) is 0 Å². The molecule has 1 fully saturated rings. The maximum Gasteiger partial charge on any atom is 0.256 e. The van der Waals surface area contributed by atoms with Gasteiger partial charge in [0.25, 0.3) is 5.91 Å². The van der Waals surface area contributed by atoms with E-state index in [0.29, 0.717) is 30.1 Å². The van der Waals surface area contributed by atoms with E-state index < -0.39 is 0 Å². The third-order valence-corrected chi connectivity index (χ3v) is 3.55. The molecule has 0 radical (unpaired) electrons. The summed E-state index contributed by atoms with van der Waals surface area (Å²) in [6.07, 6.45) is 1.99. The largest absolute Gasteiger partial charge is 0.497 e. The maximum absolute atomic E-state index is 12.4. The van der Waals surface area contributed by atoms with Gasteiger partial charge in [0.1, 0.15) is 5.75 Å². The molecule has 104 valence electrons. The second kappa shape index (κ2) is 5.93. The summed E-state index contributed by atoms with van der Waals surface area (Å²) in [6.45, 7) is 1.40. The van der Waals surface area contributed by atoms with E-state index >= 15 is 0 Å². The molecule has 1 aromatic rings. The molecule has 2 rings (SSSR count). The molecule has 0 bridgehead atoms. The summed E-state index contributed by atoms with van der Waals surface area (Å²) in [5.41, 5.74) is 6.87. The molecular formula is C14H20N2O3. The average Bonchev–Trinajstić information content (AvgIpc) is 2.47. The van der Waals surface area contributed by atoms with Crippen LogP contribution < -0.4 is 10.5 Å². The number of carbonyl (C=O) groups excluding carboxylic acids is 1. The van der Waals surface area contributed by atoms with Crippen LogP contribution >= 0.6 is 0 Å². The zero-order valence-electron chi connectivity index (χ0n) is 11.4. The molecule has 1 aliphatic rings. The van der Waals surface area contributed by atoms with Crippen molar-refractivity contribution in [3.63, 3.8) is 0 Å². The Morgan fingerprint density at radius 1 is 1.32 bits per heavy atom. The van der Waals surface area contributed by atoms with Crippen LogP contribution in [0.15, 0.2) is 18.2 Å². The number of nitrogens with zero attached hydrogens (tertiary/aromatic N) is 1. The summed E-state index contributed by atoms with van der Waals surface area (Å²) in [5, 5.41) is 0. The third-order valence-electron chi connectivity index (χ3n) is 3.55. The first-order valence-electron chi connectivity index (χ1n) is 6.41. The van der Waals surface area contributed by atoms with Crippen LogP contribution in [0.3, 0.4) is 0 Å². The number of anilines is 1. The molecule has 1 aliphatic heterocycles. The molecule has 1 heterocycles. The first-order valence-corrected chi connectivity index (χ1v) is 6.41. The van der Waals surface area contributed by atoms with Crippen molar-refractivity contribution in [3.8, 4) is 5.75 Å². The fourth-order valence-electron chi connectivity index (χ4n) is 2.31. The molecule has 1 amide bonds. The van der Waals surface area contributed by atoms with Gasteiger partial charge in [0.15, 0.2) is 0 Å². The average molecular weight is 264 g/mol. The Labute approximate surface area is 113 Å². The van der Waals surface area contributed by atoms with Gasteiger partial charge in [-0.15, -0.1) is 0 Å². The second-order valence-electron chi connectivity index (χ2n) is 4.68. The quantitative estimate of drug-likeness (QED) is 0.841. The number of nitrogen functional groups attached to an aromatic ring is 1. The van der Waals surface area contributed by atoms with Gasteiger partial charge in [-0.25, -0.2) is 0 Å². The van der Waals surface area contributed by atoms with Gasteiger partial charge in [0.05, 0.1) is 18.8 Å². The highest BCUT2D eigenvalue weighted by atomic mass is 16.5. The zero-order valence-corrected chi connectivity index (χ0v) is 11.4. The van der Waals surface area contributed by atoms with Gasteiger partial charge in [0, 0.05) is 25.9 Å². The molecule has 5 nitrogen and oxygen atoms in total. The predicted molar refractivity (Wildman–Crippen MR) is 73.3 cm³/mol. The van der Waals surface area contributed by atoms with Crippen LogP contribution in [0.25, 0.3) is 0 Å². The van der Waals surface area contributed by atoms with Gasteiger partial charge in [-0.2, -0.15) is 0 Å². The van der Waals surface area contributed by atoms with E-state index in [9.17, 15) is 4.79 Å². The Bertz CT molecular complexity index is 454. The minimum Gasteiger partial charge on any atom is -0.497 e. The topological polar surface area (TPSA) is 64.8 Å². The van der Waals surface area contributed by atoms with Crippen molar-refractivity contribution >= 4 is 11.6 Å². The summed E-state index contributed by atoms with van der Waals surface area (Å²) in [5.74, 6) is 0.607. The Hall–Kier alpha value is -1.75. The summed E-state index contributed by atoms with van der Waals surface area (Å²) in [4.78, 5) is 14.3. The number of nitrogens with two attached hydrogens (primary N) is 1. The molecule has 19 heavy (non-hydrogen) atoms. The molecule has 0 unspecified atom stereocenters. The first kappa shape index (κ1) is 13.7. The van der Waals surface area contributed by atoms with Gasteiger partial charge < -0.3 is 20.1 Å². The van der Waals surface area contributed by atoms with Crippen LogP contribution in [0.2, 0.25) is 0 Å². The predicted octanol–water partition coefficient (Wildman–Crippen LogP) is 1.53. The molecule has 0 saturated carbocycles. The van der Waals surface area contributed by atoms with E-state index in [1.165, 1.54) is 0 Å². The van der Waals surface area contributed by atoms with E-state index in [4.69, 9.17) is 15.2 Å². The Morgan fingerprint density at radius 2 is 2.00 bits per heavy atom. The summed E-state index contributed by atoms with van der Waals surface area (Å²) in [7, 11) is 3.28. The van der Waals surface area contributed by atoms with Crippen LogP contribution in [-0.4, -0.2) is 44.2 Å². The van der Waals surface area contributed by atoms with Crippen LogP contribution in [0.4, 0.5) is 5.69 Å². The number of methoxy groups -OCH3 is 2. The number of benzene rings is 1. The number of piperidine rings is 1. The van der Waals surface area contributed by atoms with Gasteiger partial charge in [-0.1, -0.05) is 0 Å². The van der Waals surface area contributed by atoms with Crippen molar-refractivity contribution in [2.75, 3.05) is 33.0 Å². The van der Waals surface area contributed by atoms with Crippen LogP contribution in [0.1, 0.15) is 23.2 Å². The Kier molecular flexibility index (Phi) is 4.27. The molecule has 0 atom stereocenters. The van der Waals surface area contributed by atoms with Crippen LogP contribution in [0, 0.1) is 0 Å². The van der Waals surface area contributed by atoms with Crippen molar-refractivity contribution in [1.29, 1.82) is 0 Å². The minimum atomic E-state index is -0.0362. The van der Waals surface area contributed by atoms with E-state index in [-0.39, 0.29) is 12.0 Å². The standard InChI is InChI=1S/C14H20N2O3/c1-18-10-5-7-16(8-6-10)14(17)12-9-11(19-2)3-4-13(12)15/h3-4,9-10H,5-8,15H2,1-2H3. The third kappa shape index (κ3) is 2.98. The molecule has 1 aromatic carbocycles. The summed E-state index contributed by atoms with van der Waals surface area (Å²) in [6, 6.07) is 5.15. The summed E-state index contributed by atoms with van der Waals surface area (Å²) >= 11 is 0. The monoisotopic (exact) mass is 264 g/mol. The lowest BCUT2D eigenvalue weighted by molar-refractivity contribution is 0.0351. The molecule has 0 aliphatic carbocycles. The zero-order chi connectivity index (χ0) is 13.8. The highest BCUT2D eigenvalue weighted by molar-refractivity contribution is 5.99. The van der Waals surface area contributed by atoms with Crippen LogP contribution in [0.5, 0.6) is 5.75 Å². The lowest BCUT2D eigenvalue weighted by atomic mass is 10.1. The SMILES string of the molecule is COc1ccc(N)c(C(=O)N2CCC(OC)CC2)c1.